The molecule has 0 amide bonds. The van der Waals surface area contributed by atoms with Crippen molar-refractivity contribution in [3.63, 3.8) is 0 Å². The molecule has 0 aliphatic heterocycles. The van der Waals surface area contributed by atoms with E-state index in [1.807, 2.05) is 19.1 Å². The Morgan fingerprint density at radius 3 is 2.86 bits per heavy atom. The Hall–Kier alpha value is -2.30. The molecule has 0 radical (unpaired) electrons. The van der Waals surface area contributed by atoms with Crippen molar-refractivity contribution in [1.82, 2.24) is 25.4 Å². The summed E-state index contributed by atoms with van der Waals surface area (Å²) in [5, 5.41) is 20.6. The molecule has 3 aromatic heterocycles. The zero-order valence-electron chi connectivity index (χ0n) is 11.0. The number of aromatic amines is 1. The minimum atomic E-state index is 0.246. The summed E-state index contributed by atoms with van der Waals surface area (Å²) in [6.07, 6.45) is 2.48. The lowest BCUT2D eigenvalue weighted by Crippen LogP contribution is -1.88. The van der Waals surface area contributed by atoms with E-state index in [0.717, 1.165) is 21.9 Å². The molecule has 0 fully saturated rings. The number of thiazole rings is 1. The summed E-state index contributed by atoms with van der Waals surface area (Å²) < 4.78 is 0. The molecule has 3 rings (SSSR count). The van der Waals surface area contributed by atoms with E-state index in [0.29, 0.717) is 16.5 Å². The van der Waals surface area contributed by atoms with Gasteiger partial charge in [-0.15, -0.1) is 16.4 Å². The third-order valence-electron chi connectivity index (χ3n) is 2.87. The normalized spacial score (nSPS) is 10.5. The van der Waals surface area contributed by atoms with Crippen molar-refractivity contribution in [3.8, 4) is 28.0 Å². The molecule has 0 saturated heterocycles. The first-order valence-corrected chi connectivity index (χ1v) is 7.35. The highest BCUT2D eigenvalue weighted by molar-refractivity contribution is 7.15. The van der Waals surface area contributed by atoms with Gasteiger partial charge in [0.25, 0.3) is 0 Å². The summed E-state index contributed by atoms with van der Waals surface area (Å²) in [7, 11) is 0. The van der Waals surface area contributed by atoms with E-state index in [1.54, 1.807) is 23.6 Å². The summed E-state index contributed by atoms with van der Waals surface area (Å²) in [6, 6.07) is 5.60. The molecular weight excluding hydrogens is 308 g/mol. The van der Waals surface area contributed by atoms with E-state index in [9.17, 15) is 0 Å². The minimum absolute atomic E-state index is 0.246. The minimum Gasteiger partial charge on any atom is -0.244 e. The zero-order valence-corrected chi connectivity index (χ0v) is 12.5. The highest BCUT2D eigenvalue weighted by Crippen LogP contribution is 2.34. The summed E-state index contributed by atoms with van der Waals surface area (Å²) in [4.78, 5) is 9.70. The van der Waals surface area contributed by atoms with Gasteiger partial charge in [-0.05, 0) is 18.6 Å². The Labute approximate surface area is 129 Å². The molecule has 104 valence electrons. The number of nitrogens with one attached hydrogen (secondary N) is 1. The summed E-state index contributed by atoms with van der Waals surface area (Å²) in [6.45, 7) is 2.03. The van der Waals surface area contributed by atoms with Crippen molar-refractivity contribution in [2.75, 3.05) is 0 Å². The van der Waals surface area contributed by atoms with Crippen LogP contribution in [0.4, 0.5) is 0 Å². The standard InChI is InChI=1S/C13H9ClN6S/c1-2-9-12(11-8(5-15)18-20-19-11)17-13(21-9)7-3-4-10(14)16-6-7/h3-4,6H,2H2,1H3,(H,18,19,20). The van der Waals surface area contributed by atoms with Gasteiger partial charge in [-0.2, -0.15) is 15.6 Å². The van der Waals surface area contributed by atoms with Crippen LogP contribution >= 0.6 is 22.9 Å². The van der Waals surface area contributed by atoms with E-state index in [-0.39, 0.29) is 5.69 Å². The number of rotatable bonds is 3. The maximum atomic E-state index is 9.07. The Bertz CT molecular complexity index is 814. The SMILES string of the molecule is CCc1sc(-c2ccc(Cl)nc2)nc1-c1n[nH]nc1C#N. The smallest absolute Gasteiger partial charge is 0.192 e. The number of nitrogens with zero attached hydrogens (tertiary/aromatic N) is 5. The lowest BCUT2D eigenvalue weighted by atomic mass is 10.2. The molecule has 0 spiro atoms. The number of halogens is 1. The van der Waals surface area contributed by atoms with Crippen LogP contribution in [0.5, 0.6) is 0 Å². The van der Waals surface area contributed by atoms with Gasteiger partial charge in [-0.3, -0.25) is 0 Å². The molecule has 6 nitrogen and oxygen atoms in total. The second-order valence-corrected chi connectivity index (χ2v) is 5.62. The molecule has 0 unspecified atom stereocenters. The first-order valence-electron chi connectivity index (χ1n) is 6.15. The Kier molecular flexibility index (Phi) is 3.64. The van der Waals surface area contributed by atoms with E-state index < -0.39 is 0 Å². The van der Waals surface area contributed by atoms with Gasteiger partial charge in [0.2, 0.25) is 0 Å². The topological polar surface area (TPSA) is 91.1 Å². The highest BCUT2D eigenvalue weighted by atomic mass is 35.5. The molecule has 0 bridgehead atoms. The molecule has 3 heterocycles. The predicted octanol–water partition coefficient (Wildman–Crippen LogP) is 3.08. The largest absolute Gasteiger partial charge is 0.244 e. The van der Waals surface area contributed by atoms with Gasteiger partial charge < -0.3 is 0 Å². The summed E-state index contributed by atoms with van der Waals surface area (Å²) in [5.74, 6) is 0. The third-order valence-corrected chi connectivity index (χ3v) is 4.34. The lowest BCUT2D eigenvalue weighted by molar-refractivity contribution is 0.936. The second kappa shape index (κ2) is 5.60. The average molecular weight is 317 g/mol. The Morgan fingerprint density at radius 1 is 1.33 bits per heavy atom. The molecule has 0 saturated carbocycles. The first kappa shape index (κ1) is 13.7. The van der Waals surface area contributed by atoms with Crippen molar-refractivity contribution >= 4 is 22.9 Å². The molecule has 1 N–H and O–H groups in total. The summed E-state index contributed by atoms with van der Waals surface area (Å²) >= 11 is 7.35. The maximum absolute atomic E-state index is 9.07. The fourth-order valence-electron chi connectivity index (χ4n) is 1.88. The van der Waals surface area contributed by atoms with E-state index in [4.69, 9.17) is 16.9 Å². The number of aromatic nitrogens is 5. The number of pyridine rings is 1. The van der Waals surface area contributed by atoms with Gasteiger partial charge in [0.05, 0.1) is 0 Å². The van der Waals surface area contributed by atoms with Crippen LogP contribution < -0.4 is 0 Å². The van der Waals surface area contributed by atoms with Crippen LogP contribution in [0.1, 0.15) is 17.5 Å². The predicted molar refractivity (Wildman–Crippen MR) is 79.8 cm³/mol. The van der Waals surface area contributed by atoms with Gasteiger partial charge >= 0.3 is 0 Å². The number of H-pyrrole nitrogens is 1. The van der Waals surface area contributed by atoms with Gasteiger partial charge in [-0.25, -0.2) is 9.97 Å². The molecule has 0 aliphatic rings. The fraction of sp³-hybridized carbons (Fsp3) is 0.154. The van der Waals surface area contributed by atoms with Crippen molar-refractivity contribution in [2.24, 2.45) is 0 Å². The van der Waals surface area contributed by atoms with E-state index in [2.05, 4.69) is 25.4 Å². The maximum Gasteiger partial charge on any atom is 0.192 e. The molecule has 8 heteroatoms. The Morgan fingerprint density at radius 2 is 2.19 bits per heavy atom. The van der Waals surface area contributed by atoms with Crippen molar-refractivity contribution in [2.45, 2.75) is 13.3 Å². The number of hydrogen-bond donors (Lipinski definition) is 1. The molecule has 21 heavy (non-hydrogen) atoms. The lowest BCUT2D eigenvalue weighted by Gasteiger charge is -1.94. The molecule has 0 atom stereocenters. The van der Waals surface area contributed by atoms with Crippen LogP contribution in [0.3, 0.4) is 0 Å². The molecule has 0 aromatic carbocycles. The zero-order chi connectivity index (χ0) is 14.8. The monoisotopic (exact) mass is 316 g/mol. The fourth-order valence-corrected chi connectivity index (χ4v) is 2.98. The van der Waals surface area contributed by atoms with Crippen molar-refractivity contribution in [1.29, 1.82) is 5.26 Å². The van der Waals surface area contributed by atoms with Gasteiger partial charge in [0, 0.05) is 16.6 Å². The van der Waals surface area contributed by atoms with Gasteiger partial charge in [-0.1, -0.05) is 18.5 Å². The first-order chi connectivity index (χ1) is 10.2. The van der Waals surface area contributed by atoms with Crippen LogP contribution in [0.25, 0.3) is 22.0 Å². The number of hydrogen-bond acceptors (Lipinski definition) is 6. The quantitative estimate of drug-likeness (QED) is 0.750. The van der Waals surface area contributed by atoms with Crippen LogP contribution in [0.15, 0.2) is 18.3 Å². The van der Waals surface area contributed by atoms with E-state index >= 15 is 0 Å². The number of aryl methyl sites for hydroxylation is 1. The average Bonchev–Trinajstić information content (AvgIpc) is 3.13. The second-order valence-electron chi connectivity index (χ2n) is 4.15. The molecular formula is C13H9ClN6S. The Balaban J connectivity index is 2.11. The molecule has 3 aromatic rings. The highest BCUT2D eigenvalue weighted by Gasteiger charge is 2.19. The summed E-state index contributed by atoms with van der Waals surface area (Å²) in [5.41, 5.74) is 2.31. The van der Waals surface area contributed by atoms with Gasteiger partial charge in [0.1, 0.15) is 21.9 Å². The van der Waals surface area contributed by atoms with Crippen molar-refractivity contribution in [3.05, 3.63) is 34.1 Å². The van der Waals surface area contributed by atoms with Crippen molar-refractivity contribution < 1.29 is 0 Å². The van der Waals surface area contributed by atoms with E-state index in [1.165, 1.54) is 0 Å². The molecule has 0 aliphatic carbocycles. The van der Waals surface area contributed by atoms with Gasteiger partial charge in [0.15, 0.2) is 11.4 Å². The van der Waals surface area contributed by atoms with Crippen LogP contribution in [0, 0.1) is 11.3 Å². The number of nitriles is 1. The van der Waals surface area contributed by atoms with Crippen LogP contribution in [-0.2, 0) is 6.42 Å². The third kappa shape index (κ3) is 2.51. The van der Waals surface area contributed by atoms with Crippen LogP contribution in [0.2, 0.25) is 5.15 Å². The van der Waals surface area contributed by atoms with Crippen LogP contribution in [-0.4, -0.2) is 25.4 Å².